The van der Waals surface area contributed by atoms with Crippen molar-refractivity contribution in [3.8, 4) is 0 Å². The number of hydrogen-bond acceptors (Lipinski definition) is 7. The Morgan fingerprint density at radius 2 is 2.16 bits per heavy atom. The van der Waals surface area contributed by atoms with Crippen LogP contribution in [0.3, 0.4) is 0 Å². The van der Waals surface area contributed by atoms with Crippen molar-refractivity contribution in [3.63, 3.8) is 0 Å². The maximum Gasteiger partial charge on any atom is 0.258 e. The summed E-state index contributed by atoms with van der Waals surface area (Å²) in [7, 11) is 1.81. The SMILES string of the molecule is CNc1ccnc(Nc2cnc3onc(C)c3c2)n1. The lowest BCUT2D eigenvalue weighted by molar-refractivity contribution is 0.443. The Hall–Kier alpha value is -2.70. The zero-order chi connectivity index (χ0) is 13.2. The van der Waals surface area contributed by atoms with E-state index in [2.05, 4.69) is 30.7 Å². The van der Waals surface area contributed by atoms with E-state index >= 15 is 0 Å². The summed E-state index contributed by atoms with van der Waals surface area (Å²) in [5.41, 5.74) is 2.11. The molecule has 96 valence electrons. The van der Waals surface area contributed by atoms with Crippen LogP contribution in [-0.4, -0.2) is 27.2 Å². The zero-order valence-corrected chi connectivity index (χ0v) is 10.5. The quantitative estimate of drug-likeness (QED) is 0.741. The third kappa shape index (κ3) is 2.17. The molecule has 0 amide bonds. The summed E-state index contributed by atoms with van der Waals surface area (Å²) in [5.74, 6) is 1.25. The molecule has 3 rings (SSSR count). The Labute approximate surface area is 109 Å². The van der Waals surface area contributed by atoms with Crippen molar-refractivity contribution in [3.05, 3.63) is 30.2 Å². The molecule has 0 saturated carbocycles. The number of fused-ring (bicyclic) bond motifs is 1. The van der Waals surface area contributed by atoms with Crippen LogP contribution in [-0.2, 0) is 0 Å². The summed E-state index contributed by atoms with van der Waals surface area (Å²) in [6, 6.07) is 3.69. The van der Waals surface area contributed by atoms with Crippen LogP contribution in [0.1, 0.15) is 5.69 Å². The Kier molecular flexibility index (Phi) is 2.71. The lowest BCUT2D eigenvalue weighted by Crippen LogP contribution is -2.00. The van der Waals surface area contributed by atoms with E-state index in [9.17, 15) is 0 Å². The topological polar surface area (TPSA) is 88.8 Å². The molecule has 0 aliphatic heterocycles. The average Bonchev–Trinajstić information content (AvgIpc) is 2.80. The van der Waals surface area contributed by atoms with Crippen LogP contribution in [0.25, 0.3) is 11.1 Å². The summed E-state index contributed by atoms with van der Waals surface area (Å²) in [5, 5.41) is 10.8. The second-order valence-corrected chi connectivity index (χ2v) is 3.99. The largest absolute Gasteiger partial charge is 0.373 e. The molecule has 0 aliphatic rings. The minimum atomic E-state index is 0.502. The highest BCUT2D eigenvalue weighted by Crippen LogP contribution is 2.21. The molecule has 0 spiro atoms. The van der Waals surface area contributed by atoms with Crippen LogP contribution in [0.5, 0.6) is 0 Å². The second kappa shape index (κ2) is 4.52. The minimum Gasteiger partial charge on any atom is -0.373 e. The summed E-state index contributed by atoms with van der Waals surface area (Å²) >= 11 is 0. The fourth-order valence-corrected chi connectivity index (χ4v) is 1.70. The Bertz CT molecular complexity index is 723. The van der Waals surface area contributed by atoms with Crippen molar-refractivity contribution in [2.24, 2.45) is 0 Å². The van der Waals surface area contributed by atoms with Crippen LogP contribution in [0.2, 0.25) is 0 Å². The maximum absolute atomic E-state index is 5.06. The van der Waals surface area contributed by atoms with Crippen molar-refractivity contribution in [2.45, 2.75) is 6.92 Å². The molecule has 3 heterocycles. The van der Waals surface area contributed by atoms with E-state index in [1.165, 1.54) is 0 Å². The van der Waals surface area contributed by atoms with Gasteiger partial charge in [-0.15, -0.1) is 0 Å². The predicted molar refractivity (Wildman–Crippen MR) is 71.4 cm³/mol. The Balaban J connectivity index is 1.93. The standard InChI is InChI=1S/C12H12N6O/c1-7-9-5-8(6-15-11(9)19-18-7)16-12-14-4-3-10(13-2)17-12/h3-6H,1-2H3,(H2,13,14,16,17). The Morgan fingerprint density at radius 1 is 1.26 bits per heavy atom. The molecular formula is C12H12N6O. The molecule has 0 radical (unpaired) electrons. The molecule has 0 bridgehead atoms. The number of anilines is 3. The van der Waals surface area contributed by atoms with Crippen molar-refractivity contribution >= 4 is 28.6 Å². The van der Waals surface area contributed by atoms with Gasteiger partial charge in [-0.05, 0) is 19.1 Å². The molecular weight excluding hydrogens is 244 g/mol. The highest BCUT2D eigenvalue weighted by atomic mass is 16.5. The smallest absolute Gasteiger partial charge is 0.258 e. The highest BCUT2D eigenvalue weighted by molar-refractivity contribution is 5.79. The molecule has 0 aromatic carbocycles. The van der Waals surface area contributed by atoms with Gasteiger partial charge in [0.2, 0.25) is 5.95 Å². The predicted octanol–water partition coefficient (Wildman–Crippen LogP) is 2.11. The molecule has 7 heteroatoms. The molecule has 3 aromatic heterocycles. The third-order valence-corrected chi connectivity index (χ3v) is 2.68. The number of aryl methyl sites for hydroxylation is 1. The van der Waals surface area contributed by atoms with Crippen molar-refractivity contribution in [1.29, 1.82) is 0 Å². The van der Waals surface area contributed by atoms with Gasteiger partial charge in [0.1, 0.15) is 5.82 Å². The van der Waals surface area contributed by atoms with E-state index in [1.54, 1.807) is 25.5 Å². The van der Waals surface area contributed by atoms with Gasteiger partial charge in [-0.1, -0.05) is 5.16 Å². The van der Waals surface area contributed by atoms with Gasteiger partial charge in [0.15, 0.2) is 0 Å². The Morgan fingerprint density at radius 3 is 3.00 bits per heavy atom. The second-order valence-electron chi connectivity index (χ2n) is 3.99. The summed E-state index contributed by atoms with van der Waals surface area (Å²) < 4.78 is 5.06. The van der Waals surface area contributed by atoms with E-state index in [0.29, 0.717) is 11.7 Å². The molecule has 7 nitrogen and oxygen atoms in total. The number of hydrogen-bond donors (Lipinski definition) is 2. The molecule has 19 heavy (non-hydrogen) atoms. The van der Waals surface area contributed by atoms with E-state index < -0.39 is 0 Å². The fraction of sp³-hybridized carbons (Fsp3) is 0.167. The zero-order valence-electron chi connectivity index (χ0n) is 10.5. The number of aromatic nitrogens is 4. The summed E-state index contributed by atoms with van der Waals surface area (Å²) in [6.07, 6.45) is 3.33. The normalized spacial score (nSPS) is 10.6. The summed E-state index contributed by atoms with van der Waals surface area (Å²) in [6.45, 7) is 1.87. The van der Waals surface area contributed by atoms with Gasteiger partial charge in [-0.25, -0.2) is 9.97 Å². The lowest BCUT2D eigenvalue weighted by atomic mass is 10.2. The molecule has 3 aromatic rings. The monoisotopic (exact) mass is 256 g/mol. The average molecular weight is 256 g/mol. The van der Waals surface area contributed by atoms with Crippen molar-refractivity contribution in [1.82, 2.24) is 20.1 Å². The lowest BCUT2D eigenvalue weighted by Gasteiger charge is -2.05. The first-order chi connectivity index (χ1) is 9.26. The highest BCUT2D eigenvalue weighted by Gasteiger charge is 2.07. The number of pyridine rings is 1. The first kappa shape index (κ1) is 11.4. The fourth-order valence-electron chi connectivity index (χ4n) is 1.70. The molecule has 2 N–H and O–H groups in total. The van der Waals surface area contributed by atoms with Crippen LogP contribution < -0.4 is 10.6 Å². The molecule has 0 fully saturated rings. The van der Waals surface area contributed by atoms with Gasteiger partial charge in [0.25, 0.3) is 5.71 Å². The van der Waals surface area contributed by atoms with Gasteiger partial charge in [0, 0.05) is 13.2 Å². The van der Waals surface area contributed by atoms with E-state index in [0.717, 1.165) is 22.6 Å². The summed E-state index contributed by atoms with van der Waals surface area (Å²) in [4.78, 5) is 12.6. The number of nitrogens with zero attached hydrogens (tertiary/aromatic N) is 4. The van der Waals surface area contributed by atoms with Crippen LogP contribution in [0, 0.1) is 6.92 Å². The van der Waals surface area contributed by atoms with Gasteiger partial charge in [-0.3, -0.25) is 0 Å². The van der Waals surface area contributed by atoms with Gasteiger partial charge in [0.05, 0.1) is 23.0 Å². The van der Waals surface area contributed by atoms with E-state index in [1.807, 2.05) is 13.0 Å². The maximum atomic E-state index is 5.06. The molecule has 0 unspecified atom stereocenters. The van der Waals surface area contributed by atoms with Gasteiger partial charge >= 0.3 is 0 Å². The van der Waals surface area contributed by atoms with Crippen molar-refractivity contribution in [2.75, 3.05) is 17.7 Å². The van der Waals surface area contributed by atoms with E-state index in [-0.39, 0.29) is 0 Å². The first-order valence-electron chi connectivity index (χ1n) is 5.76. The molecule has 0 aliphatic carbocycles. The van der Waals surface area contributed by atoms with Gasteiger partial charge in [-0.2, -0.15) is 4.98 Å². The molecule has 0 atom stereocenters. The first-order valence-corrected chi connectivity index (χ1v) is 5.76. The van der Waals surface area contributed by atoms with Crippen LogP contribution in [0.4, 0.5) is 17.5 Å². The van der Waals surface area contributed by atoms with E-state index in [4.69, 9.17) is 4.52 Å². The van der Waals surface area contributed by atoms with Crippen molar-refractivity contribution < 1.29 is 4.52 Å². The van der Waals surface area contributed by atoms with Crippen LogP contribution >= 0.6 is 0 Å². The third-order valence-electron chi connectivity index (χ3n) is 2.68. The number of rotatable bonds is 3. The van der Waals surface area contributed by atoms with Gasteiger partial charge < -0.3 is 15.2 Å². The van der Waals surface area contributed by atoms with Crippen LogP contribution in [0.15, 0.2) is 29.0 Å². The minimum absolute atomic E-state index is 0.502. The molecule has 0 saturated heterocycles. The number of nitrogens with one attached hydrogen (secondary N) is 2.